The third kappa shape index (κ3) is 2.36. The minimum absolute atomic E-state index is 0.0637. The second-order valence-electron chi connectivity index (χ2n) is 5.03. The lowest BCUT2D eigenvalue weighted by Gasteiger charge is -2.15. The normalized spacial score (nSPS) is 18.5. The van der Waals surface area contributed by atoms with Crippen LogP contribution in [0.1, 0.15) is 12.0 Å². The van der Waals surface area contributed by atoms with Gasteiger partial charge in [0.15, 0.2) is 0 Å². The van der Waals surface area contributed by atoms with Crippen LogP contribution in [0.5, 0.6) is 0 Å². The van der Waals surface area contributed by atoms with E-state index >= 15 is 0 Å². The summed E-state index contributed by atoms with van der Waals surface area (Å²) in [6, 6.07) is 7.90. The molecule has 1 fully saturated rings. The van der Waals surface area contributed by atoms with E-state index in [1.165, 1.54) is 17.0 Å². The highest BCUT2D eigenvalue weighted by Crippen LogP contribution is 2.20. The summed E-state index contributed by atoms with van der Waals surface area (Å²) < 4.78 is 0. The van der Waals surface area contributed by atoms with Gasteiger partial charge in [-0.2, -0.15) is 0 Å². The standard InChI is InChI=1S/C15H15N3O2/c19-10-17-12-7-15(20)18(9-12)6-5-11-8-16-14-4-2-1-3-13(11)14/h1-4,8,12,16H,5-7,9H2. The van der Waals surface area contributed by atoms with Gasteiger partial charge in [-0.05, 0) is 18.1 Å². The highest BCUT2D eigenvalue weighted by atomic mass is 16.2. The molecule has 0 saturated carbocycles. The molecular weight excluding hydrogens is 254 g/mol. The molecule has 1 N–H and O–H groups in total. The van der Waals surface area contributed by atoms with Crippen molar-refractivity contribution in [3.05, 3.63) is 36.0 Å². The molecule has 0 radical (unpaired) electrons. The van der Waals surface area contributed by atoms with E-state index < -0.39 is 0 Å². The number of hydrogen-bond donors (Lipinski definition) is 1. The molecule has 1 aliphatic heterocycles. The van der Waals surface area contributed by atoms with Crippen LogP contribution < -0.4 is 0 Å². The van der Waals surface area contributed by atoms with Crippen molar-refractivity contribution in [2.45, 2.75) is 18.9 Å². The van der Waals surface area contributed by atoms with Crippen LogP contribution in [0.3, 0.4) is 0 Å². The van der Waals surface area contributed by atoms with Crippen LogP contribution in [-0.2, 0) is 16.0 Å². The Balaban J connectivity index is 1.68. The number of fused-ring (bicyclic) bond motifs is 1. The molecule has 3 rings (SSSR count). The number of nitrogens with one attached hydrogen (secondary N) is 1. The average Bonchev–Trinajstić information content (AvgIpc) is 3.01. The number of aromatic nitrogens is 1. The molecule has 1 atom stereocenters. The lowest BCUT2D eigenvalue weighted by atomic mass is 10.1. The summed E-state index contributed by atoms with van der Waals surface area (Å²) in [5.74, 6) is 0.0637. The maximum absolute atomic E-state index is 11.8. The topological polar surface area (TPSA) is 65.5 Å². The summed E-state index contributed by atoms with van der Waals surface area (Å²) in [6.45, 7) is 1.18. The summed E-state index contributed by atoms with van der Waals surface area (Å²) in [5.41, 5.74) is 2.31. The first kappa shape index (κ1) is 12.6. The third-order valence-electron chi connectivity index (χ3n) is 3.76. The van der Waals surface area contributed by atoms with E-state index in [9.17, 15) is 9.59 Å². The van der Waals surface area contributed by atoms with Crippen LogP contribution in [0.2, 0.25) is 0 Å². The molecule has 1 amide bonds. The number of nitrogens with zero attached hydrogens (tertiary/aromatic N) is 2. The van der Waals surface area contributed by atoms with E-state index in [-0.39, 0.29) is 11.9 Å². The van der Waals surface area contributed by atoms with Crippen LogP contribution in [-0.4, -0.2) is 41.0 Å². The molecule has 0 aliphatic carbocycles. The van der Waals surface area contributed by atoms with Crippen molar-refractivity contribution in [1.29, 1.82) is 0 Å². The Morgan fingerprint density at radius 3 is 3.10 bits per heavy atom. The number of para-hydroxylation sites is 1. The van der Waals surface area contributed by atoms with Crippen LogP contribution in [0.25, 0.3) is 10.9 Å². The lowest BCUT2D eigenvalue weighted by molar-refractivity contribution is -0.127. The van der Waals surface area contributed by atoms with Crippen molar-refractivity contribution < 1.29 is 9.59 Å². The first-order valence-electron chi connectivity index (χ1n) is 6.67. The fourth-order valence-corrected chi connectivity index (χ4v) is 2.72. The number of aromatic amines is 1. The zero-order valence-electron chi connectivity index (χ0n) is 11.0. The minimum atomic E-state index is -0.219. The van der Waals surface area contributed by atoms with Crippen LogP contribution in [0.4, 0.5) is 0 Å². The van der Waals surface area contributed by atoms with Crippen molar-refractivity contribution in [2.24, 2.45) is 4.99 Å². The van der Waals surface area contributed by atoms with Gasteiger partial charge in [-0.1, -0.05) is 18.2 Å². The zero-order valence-corrected chi connectivity index (χ0v) is 11.0. The molecule has 5 heteroatoms. The summed E-state index contributed by atoms with van der Waals surface area (Å²) >= 11 is 0. The van der Waals surface area contributed by atoms with Crippen molar-refractivity contribution >= 4 is 22.9 Å². The molecule has 1 aromatic heterocycles. The number of rotatable bonds is 4. The molecular formula is C15H15N3O2. The lowest BCUT2D eigenvalue weighted by Crippen LogP contribution is -2.27. The van der Waals surface area contributed by atoms with Crippen LogP contribution in [0, 0.1) is 0 Å². The van der Waals surface area contributed by atoms with Crippen molar-refractivity contribution in [2.75, 3.05) is 13.1 Å². The number of carbonyl (C=O) groups is 1. The summed E-state index contributed by atoms with van der Waals surface area (Å²) in [6.07, 6.45) is 4.65. The molecule has 0 spiro atoms. The molecule has 102 valence electrons. The summed E-state index contributed by atoms with van der Waals surface area (Å²) in [5, 5.41) is 1.20. The summed E-state index contributed by atoms with van der Waals surface area (Å²) in [4.78, 5) is 30.7. The molecule has 0 bridgehead atoms. The van der Waals surface area contributed by atoms with Crippen molar-refractivity contribution in [3.8, 4) is 0 Å². The Morgan fingerprint density at radius 2 is 2.25 bits per heavy atom. The molecule has 1 unspecified atom stereocenters. The Bertz CT molecular complexity index is 685. The van der Waals surface area contributed by atoms with Crippen molar-refractivity contribution in [3.63, 3.8) is 0 Å². The largest absolute Gasteiger partial charge is 0.361 e. The average molecular weight is 269 g/mol. The van der Waals surface area contributed by atoms with Gasteiger partial charge in [0.2, 0.25) is 12.0 Å². The molecule has 2 aromatic rings. The SMILES string of the molecule is O=C=NC1CC(=O)N(CCc2c[nH]c3ccccc23)C1. The molecule has 2 heterocycles. The number of H-pyrrole nitrogens is 1. The molecule has 20 heavy (non-hydrogen) atoms. The number of likely N-dealkylation sites (tertiary alicyclic amines) is 1. The number of aliphatic imine (C=N–C) groups is 1. The van der Waals surface area contributed by atoms with Crippen LogP contribution in [0.15, 0.2) is 35.5 Å². The van der Waals surface area contributed by atoms with Crippen molar-refractivity contribution in [1.82, 2.24) is 9.88 Å². The quantitative estimate of drug-likeness (QED) is 0.677. The monoisotopic (exact) mass is 269 g/mol. The van der Waals surface area contributed by atoms with Gasteiger partial charge >= 0.3 is 0 Å². The van der Waals surface area contributed by atoms with Crippen LogP contribution >= 0.6 is 0 Å². The van der Waals surface area contributed by atoms with Gasteiger partial charge in [0.25, 0.3) is 0 Å². The van der Waals surface area contributed by atoms with Gasteiger partial charge in [-0.15, -0.1) is 0 Å². The van der Waals surface area contributed by atoms with Gasteiger partial charge in [0.05, 0.1) is 12.5 Å². The fraction of sp³-hybridized carbons (Fsp3) is 0.333. The number of isocyanates is 1. The fourth-order valence-electron chi connectivity index (χ4n) is 2.72. The van der Waals surface area contributed by atoms with Gasteiger partial charge in [0, 0.05) is 30.2 Å². The Labute approximate surface area is 116 Å². The number of hydrogen-bond acceptors (Lipinski definition) is 3. The highest BCUT2D eigenvalue weighted by molar-refractivity contribution is 5.83. The molecule has 1 aliphatic rings. The summed E-state index contributed by atoms with van der Waals surface area (Å²) in [7, 11) is 0. The molecule has 5 nitrogen and oxygen atoms in total. The van der Waals surface area contributed by atoms with E-state index in [4.69, 9.17) is 0 Å². The molecule has 1 saturated heterocycles. The smallest absolute Gasteiger partial charge is 0.235 e. The zero-order chi connectivity index (χ0) is 13.9. The predicted octanol–water partition coefficient (Wildman–Crippen LogP) is 1.65. The predicted molar refractivity (Wildman–Crippen MR) is 75.1 cm³/mol. The number of amides is 1. The van der Waals surface area contributed by atoms with Gasteiger partial charge in [-0.25, -0.2) is 9.79 Å². The van der Waals surface area contributed by atoms with E-state index in [2.05, 4.69) is 16.0 Å². The highest BCUT2D eigenvalue weighted by Gasteiger charge is 2.28. The van der Waals surface area contributed by atoms with E-state index in [0.29, 0.717) is 19.5 Å². The first-order chi connectivity index (χ1) is 9.78. The van der Waals surface area contributed by atoms with Gasteiger partial charge in [-0.3, -0.25) is 4.79 Å². The second-order valence-corrected chi connectivity index (χ2v) is 5.03. The Morgan fingerprint density at radius 1 is 1.40 bits per heavy atom. The van der Waals surface area contributed by atoms with E-state index in [0.717, 1.165) is 11.9 Å². The van der Waals surface area contributed by atoms with E-state index in [1.54, 1.807) is 4.90 Å². The number of carbonyl (C=O) groups excluding carboxylic acids is 2. The van der Waals surface area contributed by atoms with E-state index in [1.807, 2.05) is 24.4 Å². The first-order valence-corrected chi connectivity index (χ1v) is 6.67. The maximum Gasteiger partial charge on any atom is 0.235 e. The minimum Gasteiger partial charge on any atom is -0.361 e. The number of benzene rings is 1. The van der Waals surface area contributed by atoms with Gasteiger partial charge in [0.1, 0.15) is 0 Å². The van der Waals surface area contributed by atoms with Gasteiger partial charge < -0.3 is 9.88 Å². The second kappa shape index (κ2) is 5.31. The molecule has 1 aromatic carbocycles. The Hall–Kier alpha value is -2.39. The maximum atomic E-state index is 11.8. The third-order valence-corrected chi connectivity index (χ3v) is 3.76. The Kier molecular flexibility index (Phi) is 3.35.